The number of benzene rings is 2. The van der Waals surface area contributed by atoms with Crippen LogP contribution in [0.1, 0.15) is 69.4 Å². The average Bonchev–Trinajstić information content (AvgIpc) is 3.14. The van der Waals surface area contributed by atoms with E-state index >= 15 is 0 Å². The third kappa shape index (κ3) is 5.50. The van der Waals surface area contributed by atoms with E-state index in [4.69, 9.17) is 4.74 Å². The molecule has 1 atom stereocenters. The number of rotatable bonds is 8. The van der Waals surface area contributed by atoms with Gasteiger partial charge in [0, 0.05) is 5.92 Å². The summed E-state index contributed by atoms with van der Waals surface area (Å²) in [6.45, 7) is 3.85. The normalized spacial score (nSPS) is 17.2. The minimum absolute atomic E-state index is 0.0689. The van der Waals surface area contributed by atoms with Gasteiger partial charge in [-0.1, -0.05) is 81.6 Å². The van der Waals surface area contributed by atoms with Gasteiger partial charge >= 0.3 is 12.1 Å². The van der Waals surface area contributed by atoms with Crippen molar-refractivity contribution >= 4 is 18.0 Å². The van der Waals surface area contributed by atoms with Crippen molar-refractivity contribution in [3.63, 3.8) is 0 Å². The molecule has 0 aliphatic heterocycles. The number of carboxylic acid groups (broad SMARTS) is 1. The number of carboxylic acids is 1. The van der Waals surface area contributed by atoms with Crippen LogP contribution < -0.4 is 10.6 Å². The van der Waals surface area contributed by atoms with Crippen LogP contribution in [0.25, 0.3) is 11.1 Å². The smallest absolute Gasteiger partial charge is 0.407 e. The van der Waals surface area contributed by atoms with E-state index in [9.17, 15) is 19.5 Å². The zero-order chi connectivity index (χ0) is 25.0. The first kappa shape index (κ1) is 24.8. The van der Waals surface area contributed by atoms with E-state index in [0.717, 1.165) is 41.5 Å². The van der Waals surface area contributed by atoms with Gasteiger partial charge in [-0.2, -0.15) is 0 Å². The van der Waals surface area contributed by atoms with Gasteiger partial charge in [0.1, 0.15) is 12.6 Å². The number of hydrogen-bond donors (Lipinski definition) is 3. The first-order valence-electron chi connectivity index (χ1n) is 12.4. The third-order valence-electron chi connectivity index (χ3n) is 7.25. The molecule has 2 aromatic carbocycles. The molecule has 2 aliphatic rings. The van der Waals surface area contributed by atoms with Crippen molar-refractivity contribution in [1.82, 2.24) is 10.6 Å². The summed E-state index contributed by atoms with van der Waals surface area (Å²) in [5, 5.41) is 15.1. The van der Waals surface area contributed by atoms with E-state index in [1.807, 2.05) is 38.1 Å². The second kappa shape index (κ2) is 10.5. The van der Waals surface area contributed by atoms with Crippen molar-refractivity contribution in [2.75, 3.05) is 6.61 Å². The lowest BCUT2D eigenvalue weighted by atomic mass is 9.79. The van der Waals surface area contributed by atoms with Gasteiger partial charge in [-0.25, -0.2) is 4.79 Å². The summed E-state index contributed by atoms with van der Waals surface area (Å²) in [4.78, 5) is 37.5. The van der Waals surface area contributed by atoms with Crippen molar-refractivity contribution in [3.8, 4) is 11.1 Å². The molecule has 4 rings (SSSR count). The highest BCUT2D eigenvalue weighted by molar-refractivity contribution is 5.87. The summed E-state index contributed by atoms with van der Waals surface area (Å²) in [5.41, 5.74) is 3.76. The molecule has 35 heavy (non-hydrogen) atoms. The Morgan fingerprint density at radius 3 is 2.09 bits per heavy atom. The van der Waals surface area contributed by atoms with Gasteiger partial charge in [0.05, 0.1) is 12.0 Å². The maximum absolute atomic E-state index is 13.2. The van der Waals surface area contributed by atoms with Gasteiger partial charge in [-0.3, -0.25) is 9.59 Å². The first-order chi connectivity index (χ1) is 16.8. The van der Waals surface area contributed by atoms with Crippen LogP contribution in [0.4, 0.5) is 4.79 Å². The van der Waals surface area contributed by atoms with Crippen LogP contribution in [0.2, 0.25) is 0 Å². The van der Waals surface area contributed by atoms with E-state index in [-0.39, 0.29) is 30.8 Å². The van der Waals surface area contributed by atoms with Gasteiger partial charge in [0.15, 0.2) is 0 Å². The molecule has 2 amide bonds. The molecule has 0 saturated heterocycles. The predicted octanol–water partition coefficient (Wildman–Crippen LogP) is 4.84. The zero-order valence-corrected chi connectivity index (χ0v) is 20.4. The Morgan fingerprint density at radius 2 is 1.54 bits per heavy atom. The van der Waals surface area contributed by atoms with Gasteiger partial charge in [-0.05, 0) is 41.0 Å². The van der Waals surface area contributed by atoms with E-state index in [0.29, 0.717) is 12.8 Å². The Labute approximate surface area is 206 Å². The molecule has 0 unspecified atom stereocenters. The largest absolute Gasteiger partial charge is 0.481 e. The molecule has 186 valence electrons. The molecule has 0 spiro atoms. The van der Waals surface area contributed by atoms with E-state index in [2.05, 4.69) is 34.9 Å². The van der Waals surface area contributed by atoms with Crippen LogP contribution in [-0.2, 0) is 14.3 Å². The maximum Gasteiger partial charge on any atom is 0.407 e. The molecular formula is C28H34N2O5. The number of fused-ring (bicyclic) bond motifs is 3. The van der Waals surface area contributed by atoms with Crippen molar-refractivity contribution in [2.24, 2.45) is 5.92 Å². The van der Waals surface area contributed by atoms with Crippen LogP contribution in [0.15, 0.2) is 48.5 Å². The number of carbonyl (C=O) groups excluding carboxylic acids is 2. The molecule has 2 aromatic rings. The summed E-state index contributed by atoms with van der Waals surface area (Å²) in [6, 6.07) is 15.4. The number of carbonyl (C=O) groups is 3. The van der Waals surface area contributed by atoms with Gasteiger partial charge in [0.2, 0.25) is 5.91 Å². The fourth-order valence-electron chi connectivity index (χ4n) is 5.51. The van der Waals surface area contributed by atoms with E-state index in [1.54, 1.807) is 0 Å². The number of aliphatic carboxylic acids is 1. The summed E-state index contributed by atoms with van der Waals surface area (Å²) < 4.78 is 5.63. The molecule has 1 saturated carbocycles. The van der Waals surface area contributed by atoms with Crippen LogP contribution in [0.5, 0.6) is 0 Å². The van der Waals surface area contributed by atoms with Gasteiger partial charge in [-0.15, -0.1) is 0 Å². The molecule has 0 heterocycles. The van der Waals surface area contributed by atoms with Crippen molar-refractivity contribution < 1.29 is 24.2 Å². The maximum atomic E-state index is 13.2. The zero-order valence-electron chi connectivity index (χ0n) is 20.4. The third-order valence-corrected chi connectivity index (χ3v) is 7.25. The van der Waals surface area contributed by atoms with Crippen LogP contribution in [-0.4, -0.2) is 41.3 Å². The Morgan fingerprint density at radius 1 is 0.971 bits per heavy atom. The molecule has 3 N–H and O–H groups in total. The summed E-state index contributed by atoms with van der Waals surface area (Å²) in [6.07, 6.45) is 3.26. The Bertz CT molecular complexity index is 1040. The molecule has 7 heteroatoms. The molecule has 0 aromatic heterocycles. The van der Waals surface area contributed by atoms with Crippen molar-refractivity contribution in [3.05, 3.63) is 59.7 Å². The fourth-order valence-corrected chi connectivity index (χ4v) is 5.51. The Balaban J connectivity index is 1.41. The van der Waals surface area contributed by atoms with Crippen molar-refractivity contribution in [2.45, 2.75) is 69.9 Å². The molecule has 0 radical (unpaired) electrons. The lowest BCUT2D eigenvalue weighted by molar-refractivity contribution is -0.140. The molecule has 0 bridgehead atoms. The van der Waals surface area contributed by atoms with Crippen LogP contribution in [0.3, 0.4) is 0 Å². The standard InChI is InChI=1S/C28H34N2O5/c1-18(2)25(26(33)30-28(16-24(31)32)14-8-3-9-15-28)29-27(34)35-17-23-21-12-6-4-10-19(21)20-11-5-7-13-22(20)23/h4-7,10-13,18,23,25H,3,8-9,14-17H2,1-2H3,(H,29,34)(H,30,33)(H,31,32)/t25-/m1/s1. The van der Waals surface area contributed by atoms with Gasteiger partial charge in [0.25, 0.3) is 0 Å². The highest BCUT2D eigenvalue weighted by atomic mass is 16.5. The topological polar surface area (TPSA) is 105 Å². The predicted molar refractivity (Wildman–Crippen MR) is 133 cm³/mol. The molecule has 1 fully saturated rings. The quantitative estimate of drug-likeness (QED) is 0.503. The lowest BCUT2D eigenvalue weighted by Crippen LogP contribution is -2.58. The summed E-state index contributed by atoms with van der Waals surface area (Å²) in [5.74, 6) is -1.56. The highest BCUT2D eigenvalue weighted by Crippen LogP contribution is 2.44. The highest BCUT2D eigenvalue weighted by Gasteiger charge is 2.38. The number of amides is 2. The van der Waals surface area contributed by atoms with Crippen molar-refractivity contribution in [1.29, 1.82) is 0 Å². The SMILES string of the molecule is CC(C)[C@@H](NC(=O)OCC1c2ccccc2-c2ccccc21)C(=O)NC1(CC(=O)O)CCCCC1. The van der Waals surface area contributed by atoms with Gasteiger partial charge < -0.3 is 20.5 Å². The second-order valence-electron chi connectivity index (χ2n) is 10.1. The van der Waals surface area contributed by atoms with Crippen LogP contribution in [0, 0.1) is 5.92 Å². The minimum Gasteiger partial charge on any atom is -0.481 e. The number of ether oxygens (including phenoxy) is 1. The Kier molecular flexibility index (Phi) is 7.43. The second-order valence-corrected chi connectivity index (χ2v) is 10.1. The monoisotopic (exact) mass is 478 g/mol. The number of hydrogen-bond acceptors (Lipinski definition) is 4. The number of alkyl carbamates (subject to hydrolysis) is 1. The first-order valence-corrected chi connectivity index (χ1v) is 12.4. The Hall–Kier alpha value is -3.35. The molecular weight excluding hydrogens is 444 g/mol. The number of nitrogens with one attached hydrogen (secondary N) is 2. The molecule has 2 aliphatic carbocycles. The minimum atomic E-state index is -0.933. The van der Waals surface area contributed by atoms with E-state index < -0.39 is 23.6 Å². The lowest BCUT2D eigenvalue weighted by Gasteiger charge is -2.38. The summed E-state index contributed by atoms with van der Waals surface area (Å²) in [7, 11) is 0. The van der Waals surface area contributed by atoms with E-state index in [1.165, 1.54) is 0 Å². The van der Waals surface area contributed by atoms with Crippen LogP contribution >= 0.6 is 0 Å². The fraction of sp³-hybridized carbons (Fsp3) is 0.464. The average molecular weight is 479 g/mol. The molecule has 7 nitrogen and oxygen atoms in total. The summed E-state index contributed by atoms with van der Waals surface area (Å²) >= 11 is 0.